The van der Waals surface area contributed by atoms with Crippen LogP contribution in [-0.2, 0) is 4.74 Å². The Balaban J connectivity index is 2.69. The molecule has 0 unspecified atom stereocenters. The molecule has 0 fully saturated rings. The molecule has 1 heterocycles. The summed E-state index contributed by atoms with van der Waals surface area (Å²) in [5.41, 5.74) is -0.566. The average Bonchev–Trinajstić information content (AvgIpc) is 2.47. The number of carbonyl (C=O) groups is 1. The highest BCUT2D eigenvalue weighted by atomic mass is 79.9. The van der Waals surface area contributed by atoms with Crippen LogP contribution < -0.4 is 10.9 Å². The van der Waals surface area contributed by atoms with Gasteiger partial charge < -0.3 is 4.74 Å². The Bertz CT molecular complexity index is 361. The van der Waals surface area contributed by atoms with Crippen LogP contribution in [0.3, 0.4) is 0 Å². The first-order valence-corrected chi connectivity index (χ1v) is 5.86. The number of nitrogens with zero attached hydrogens (tertiary/aromatic N) is 2. The van der Waals surface area contributed by atoms with Gasteiger partial charge in [-0.15, -0.1) is 11.3 Å². The first kappa shape index (κ1) is 12.4. The molecular formula is C8H12BrN3O2S. The van der Waals surface area contributed by atoms with E-state index in [1.54, 1.807) is 26.2 Å². The lowest BCUT2D eigenvalue weighted by molar-refractivity contribution is 0.0580. The SMILES string of the molecule is CC(C)(C)OC(=O)N(N)c1nc(Br)cs1. The number of rotatable bonds is 1. The van der Waals surface area contributed by atoms with E-state index in [1.165, 1.54) is 11.3 Å². The summed E-state index contributed by atoms with van der Waals surface area (Å²) < 4.78 is 5.72. The highest BCUT2D eigenvalue weighted by Crippen LogP contribution is 2.22. The van der Waals surface area contributed by atoms with Crippen molar-refractivity contribution >= 4 is 38.5 Å². The van der Waals surface area contributed by atoms with Crippen molar-refractivity contribution in [1.29, 1.82) is 0 Å². The Morgan fingerprint density at radius 2 is 2.27 bits per heavy atom. The molecule has 5 nitrogen and oxygen atoms in total. The van der Waals surface area contributed by atoms with E-state index in [2.05, 4.69) is 20.9 Å². The lowest BCUT2D eigenvalue weighted by Gasteiger charge is -2.22. The number of thiazole rings is 1. The fourth-order valence-electron chi connectivity index (χ4n) is 0.745. The van der Waals surface area contributed by atoms with E-state index in [9.17, 15) is 4.79 Å². The van der Waals surface area contributed by atoms with Crippen molar-refractivity contribution in [1.82, 2.24) is 4.98 Å². The zero-order valence-corrected chi connectivity index (χ0v) is 11.1. The molecule has 1 aromatic rings. The van der Waals surface area contributed by atoms with Gasteiger partial charge in [0.1, 0.15) is 10.2 Å². The summed E-state index contributed by atoms with van der Waals surface area (Å²) in [5, 5.41) is 3.01. The number of anilines is 1. The Hall–Kier alpha value is -0.660. The lowest BCUT2D eigenvalue weighted by Crippen LogP contribution is -2.41. The predicted molar refractivity (Wildman–Crippen MR) is 62.7 cm³/mol. The van der Waals surface area contributed by atoms with Crippen LogP contribution >= 0.6 is 27.3 Å². The molecule has 84 valence electrons. The topological polar surface area (TPSA) is 68.5 Å². The molecule has 0 aliphatic rings. The molecule has 0 saturated carbocycles. The molecule has 0 aliphatic heterocycles. The number of ether oxygens (including phenoxy) is 1. The number of amides is 1. The number of hydrazine groups is 1. The largest absolute Gasteiger partial charge is 0.442 e. The minimum atomic E-state index is -0.621. The number of carbonyl (C=O) groups excluding carboxylic acids is 1. The summed E-state index contributed by atoms with van der Waals surface area (Å²) >= 11 is 4.43. The average molecular weight is 294 g/mol. The van der Waals surface area contributed by atoms with Crippen LogP contribution in [0.15, 0.2) is 9.98 Å². The van der Waals surface area contributed by atoms with E-state index < -0.39 is 11.7 Å². The summed E-state index contributed by atoms with van der Waals surface area (Å²) in [5.74, 6) is 5.54. The number of nitrogens with two attached hydrogens (primary N) is 1. The third-order valence-corrected chi connectivity index (χ3v) is 2.81. The molecule has 1 rings (SSSR count). The van der Waals surface area contributed by atoms with Crippen molar-refractivity contribution in [3.05, 3.63) is 9.98 Å². The van der Waals surface area contributed by atoms with Gasteiger partial charge in [0.05, 0.1) is 0 Å². The maximum atomic E-state index is 11.5. The lowest BCUT2D eigenvalue weighted by atomic mass is 10.2. The van der Waals surface area contributed by atoms with Crippen molar-refractivity contribution in [2.24, 2.45) is 5.84 Å². The van der Waals surface area contributed by atoms with Crippen LogP contribution in [0.1, 0.15) is 20.8 Å². The highest BCUT2D eigenvalue weighted by Gasteiger charge is 2.22. The van der Waals surface area contributed by atoms with Gasteiger partial charge in [-0.3, -0.25) is 0 Å². The maximum Gasteiger partial charge on any atom is 0.431 e. The van der Waals surface area contributed by atoms with E-state index in [-0.39, 0.29) is 0 Å². The molecule has 0 saturated heterocycles. The Kier molecular flexibility index (Phi) is 3.69. The summed E-state index contributed by atoms with van der Waals surface area (Å²) in [4.78, 5) is 15.5. The molecule has 7 heteroatoms. The van der Waals surface area contributed by atoms with Gasteiger partial charge >= 0.3 is 6.09 Å². The van der Waals surface area contributed by atoms with E-state index in [4.69, 9.17) is 10.6 Å². The number of halogens is 1. The maximum absolute atomic E-state index is 11.5. The quantitative estimate of drug-likeness (QED) is 0.491. The number of hydrogen-bond acceptors (Lipinski definition) is 5. The number of aromatic nitrogens is 1. The zero-order chi connectivity index (χ0) is 11.6. The van der Waals surface area contributed by atoms with Gasteiger partial charge in [-0.2, -0.15) is 5.01 Å². The summed E-state index contributed by atoms with van der Waals surface area (Å²) in [6, 6.07) is 0. The van der Waals surface area contributed by atoms with Gasteiger partial charge in [0, 0.05) is 5.38 Å². The van der Waals surface area contributed by atoms with Gasteiger partial charge in [-0.05, 0) is 36.7 Å². The normalized spacial score (nSPS) is 11.3. The molecule has 2 N–H and O–H groups in total. The van der Waals surface area contributed by atoms with Crippen LogP contribution in [0.25, 0.3) is 0 Å². The van der Waals surface area contributed by atoms with Crippen molar-refractivity contribution in [3.63, 3.8) is 0 Å². The summed E-state index contributed by atoms with van der Waals surface area (Å²) in [6.07, 6.45) is -0.621. The first-order valence-electron chi connectivity index (χ1n) is 4.18. The molecule has 15 heavy (non-hydrogen) atoms. The molecule has 1 aromatic heterocycles. The Labute approximate surface area is 100 Å². The van der Waals surface area contributed by atoms with Crippen molar-refractivity contribution in [2.75, 3.05) is 5.01 Å². The van der Waals surface area contributed by atoms with E-state index >= 15 is 0 Å². The van der Waals surface area contributed by atoms with Crippen LogP contribution in [-0.4, -0.2) is 16.7 Å². The molecule has 0 aliphatic carbocycles. The van der Waals surface area contributed by atoms with E-state index in [0.29, 0.717) is 9.73 Å². The molecule has 1 amide bonds. The van der Waals surface area contributed by atoms with Crippen molar-refractivity contribution in [3.8, 4) is 0 Å². The molecular weight excluding hydrogens is 282 g/mol. The standard InChI is InChI=1S/C8H12BrN3O2S/c1-8(2,3)14-7(13)12(10)6-11-5(9)4-15-6/h4H,10H2,1-3H3. The predicted octanol–water partition coefficient (Wildman–Crippen LogP) is 2.52. The molecule has 0 radical (unpaired) electrons. The molecule has 0 atom stereocenters. The van der Waals surface area contributed by atoms with Crippen molar-refractivity contribution in [2.45, 2.75) is 26.4 Å². The summed E-state index contributed by atoms with van der Waals surface area (Å²) in [6.45, 7) is 5.32. The minimum Gasteiger partial charge on any atom is -0.442 e. The monoisotopic (exact) mass is 293 g/mol. The molecule has 0 aromatic carbocycles. The zero-order valence-electron chi connectivity index (χ0n) is 8.65. The smallest absolute Gasteiger partial charge is 0.431 e. The third kappa shape index (κ3) is 3.77. The van der Waals surface area contributed by atoms with Gasteiger partial charge in [0.2, 0.25) is 5.13 Å². The van der Waals surface area contributed by atoms with Gasteiger partial charge in [-0.1, -0.05) is 0 Å². The van der Waals surface area contributed by atoms with E-state index in [0.717, 1.165) is 5.01 Å². The van der Waals surface area contributed by atoms with Gasteiger partial charge in [0.15, 0.2) is 0 Å². The Morgan fingerprint density at radius 3 is 2.67 bits per heavy atom. The first-order chi connectivity index (χ1) is 6.79. The van der Waals surface area contributed by atoms with Crippen molar-refractivity contribution < 1.29 is 9.53 Å². The Morgan fingerprint density at radius 1 is 1.67 bits per heavy atom. The van der Waals surface area contributed by atoms with Gasteiger partial charge in [0.25, 0.3) is 0 Å². The minimum absolute atomic E-state index is 0.385. The third-order valence-electron chi connectivity index (χ3n) is 1.26. The number of hydrogen-bond donors (Lipinski definition) is 1. The van der Waals surface area contributed by atoms with Crippen LogP contribution in [0, 0.1) is 0 Å². The highest BCUT2D eigenvalue weighted by molar-refractivity contribution is 9.10. The van der Waals surface area contributed by atoms with Gasteiger partial charge in [-0.25, -0.2) is 15.6 Å². The molecule has 0 bridgehead atoms. The molecule has 0 spiro atoms. The van der Waals surface area contributed by atoms with Crippen LogP contribution in [0.2, 0.25) is 0 Å². The van der Waals surface area contributed by atoms with E-state index in [1.807, 2.05) is 0 Å². The summed E-state index contributed by atoms with van der Waals surface area (Å²) in [7, 11) is 0. The second kappa shape index (κ2) is 4.46. The second-order valence-corrected chi connectivity index (χ2v) is 5.45. The van der Waals surface area contributed by atoms with Crippen LogP contribution in [0.4, 0.5) is 9.93 Å². The second-order valence-electron chi connectivity index (χ2n) is 3.80. The van der Waals surface area contributed by atoms with Crippen LogP contribution in [0.5, 0.6) is 0 Å². The fourth-order valence-corrected chi connectivity index (χ4v) is 1.91. The fraction of sp³-hybridized carbons (Fsp3) is 0.500.